The first-order valence-electron chi connectivity index (χ1n) is 8.81. The van der Waals surface area contributed by atoms with Crippen LogP contribution in [0.5, 0.6) is 0 Å². The van der Waals surface area contributed by atoms with E-state index >= 15 is 0 Å². The molecule has 2 aromatic rings. The molecular weight excluding hydrogens is 296 g/mol. The van der Waals surface area contributed by atoms with Crippen molar-refractivity contribution in [1.29, 1.82) is 0 Å². The van der Waals surface area contributed by atoms with Gasteiger partial charge in [-0.25, -0.2) is 0 Å². The fraction of sp³-hybridized carbons (Fsp3) is 0.381. The van der Waals surface area contributed by atoms with E-state index in [-0.39, 0.29) is 12.1 Å². The standard InChI is InChI=1S/C21H26N2O/c1-17-8-7-11-19(14-17)15-22-23(16-18-9-3-2-4-10-18)20-12-5-6-13-21(20)24/h2-4,7-11,14-15,20-21,24H,5-6,12-13,16H2,1H3/b22-15+/t20-,21-/m1/s1. The SMILES string of the molecule is Cc1cccc(/C=N/N(Cc2ccccc2)[C@@H]2CCCC[C@H]2O)c1. The monoisotopic (exact) mass is 322 g/mol. The highest BCUT2D eigenvalue weighted by Gasteiger charge is 2.28. The van der Waals surface area contributed by atoms with Gasteiger partial charge in [0.2, 0.25) is 0 Å². The molecule has 1 aliphatic carbocycles. The molecule has 24 heavy (non-hydrogen) atoms. The second-order valence-electron chi connectivity index (χ2n) is 6.66. The summed E-state index contributed by atoms with van der Waals surface area (Å²) in [4.78, 5) is 0. The minimum Gasteiger partial charge on any atom is -0.391 e. The average Bonchev–Trinajstić information content (AvgIpc) is 2.60. The zero-order chi connectivity index (χ0) is 16.8. The lowest BCUT2D eigenvalue weighted by Crippen LogP contribution is -2.42. The molecule has 0 bridgehead atoms. The molecule has 126 valence electrons. The van der Waals surface area contributed by atoms with Crippen LogP contribution < -0.4 is 0 Å². The first-order chi connectivity index (χ1) is 11.7. The smallest absolute Gasteiger partial charge is 0.0760 e. The zero-order valence-corrected chi connectivity index (χ0v) is 14.3. The van der Waals surface area contributed by atoms with Gasteiger partial charge in [-0.15, -0.1) is 0 Å². The highest BCUT2D eigenvalue weighted by molar-refractivity contribution is 5.79. The van der Waals surface area contributed by atoms with Gasteiger partial charge in [0.1, 0.15) is 0 Å². The van der Waals surface area contributed by atoms with Crippen molar-refractivity contribution in [2.75, 3.05) is 0 Å². The predicted octanol–water partition coefficient (Wildman–Crippen LogP) is 4.13. The molecule has 0 heterocycles. The molecule has 0 spiro atoms. The van der Waals surface area contributed by atoms with Crippen molar-refractivity contribution in [2.45, 2.75) is 51.3 Å². The molecule has 1 aliphatic rings. The van der Waals surface area contributed by atoms with Crippen LogP contribution in [0.3, 0.4) is 0 Å². The number of rotatable bonds is 5. The molecule has 3 nitrogen and oxygen atoms in total. The highest BCUT2D eigenvalue weighted by Crippen LogP contribution is 2.25. The third-order valence-corrected chi connectivity index (χ3v) is 4.66. The number of aliphatic hydroxyl groups is 1. The van der Waals surface area contributed by atoms with Crippen LogP contribution in [0, 0.1) is 6.92 Å². The summed E-state index contributed by atoms with van der Waals surface area (Å²) in [5.74, 6) is 0. The zero-order valence-electron chi connectivity index (χ0n) is 14.3. The molecule has 1 fully saturated rings. The molecule has 1 saturated carbocycles. The molecular formula is C21H26N2O. The highest BCUT2D eigenvalue weighted by atomic mass is 16.3. The van der Waals surface area contributed by atoms with Gasteiger partial charge < -0.3 is 5.11 Å². The number of hydrazone groups is 1. The van der Waals surface area contributed by atoms with E-state index in [0.717, 1.165) is 37.8 Å². The van der Waals surface area contributed by atoms with E-state index in [1.54, 1.807) is 0 Å². The molecule has 0 aliphatic heterocycles. The fourth-order valence-corrected chi connectivity index (χ4v) is 3.34. The lowest BCUT2D eigenvalue weighted by atomic mass is 9.92. The summed E-state index contributed by atoms with van der Waals surface area (Å²) in [7, 11) is 0. The Morgan fingerprint density at radius 1 is 1.08 bits per heavy atom. The lowest BCUT2D eigenvalue weighted by Gasteiger charge is -2.35. The predicted molar refractivity (Wildman–Crippen MR) is 99.0 cm³/mol. The third-order valence-electron chi connectivity index (χ3n) is 4.66. The van der Waals surface area contributed by atoms with Crippen LogP contribution in [0.15, 0.2) is 59.7 Å². The van der Waals surface area contributed by atoms with Crippen LogP contribution in [0.1, 0.15) is 42.4 Å². The van der Waals surface area contributed by atoms with Gasteiger partial charge in [0.25, 0.3) is 0 Å². The van der Waals surface area contributed by atoms with E-state index in [1.807, 2.05) is 18.3 Å². The maximum atomic E-state index is 10.4. The molecule has 0 amide bonds. The van der Waals surface area contributed by atoms with Gasteiger partial charge in [-0.05, 0) is 30.9 Å². The van der Waals surface area contributed by atoms with Crippen molar-refractivity contribution < 1.29 is 5.11 Å². The van der Waals surface area contributed by atoms with Gasteiger partial charge in [-0.1, -0.05) is 73.0 Å². The van der Waals surface area contributed by atoms with Gasteiger partial charge >= 0.3 is 0 Å². The van der Waals surface area contributed by atoms with Crippen LogP contribution in [-0.4, -0.2) is 28.5 Å². The molecule has 0 aromatic heterocycles. The van der Waals surface area contributed by atoms with Crippen LogP contribution in [0.25, 0.3) is 0 Å². The Morgan fingerprint density at radius 2 is 1.88 bits per heavy atom. The summed E-state index contributed by atoms with van der Waals surface area (Å²) in [5, 5.41) is 17.3. The molecule has 0 unspecified atom stereocenters. The Balaban J connectivity index is 1.80. The van der Waals surface area contributed by atoms with Gasteiger partial charge in [0.05, 0.1) is 24.9 Å². The molecule has 2 aromatic carbocycles. The Bertz CT molecular complexity index is 669. The summed E-state index contributed by atoms with van der Waals surface area (Å²) < 4.78 is 0. The van der Waals surface area contributed by atoms with Crippen LogP contribution >= 0.6 is 0 Å². The third kappa shape index (κ3) is 4.45. The van der Waals surface area contributed by atoms with Gasteiger partial charge in [-0.2, -0.15) is 5.10 Å². The van der Waals surface area contributed by atoms with E-state index in [1.165, 1.54) is 11.1 Å². The molecule has 0 radical (unpaired) electrons. The first-order valence-corrected chi connectivity index (χ1v) is 8.81. The Kier molecular flexibility index (Phi) is 5.65. The van der Waals surface area contributed by atoms with Gasteiger partial charge in [-0.3, -0.25) is 5.01 Å². The summed E-state index contributed by atoms with van der Waals surface area (Å²) in [5.41, 5.74) is 3.54. The number of benzene rings is 2. The lowest BCUT2D eigenvalue weighted by molar-refractivity contribution is 0.0173. The molecule has 3 rings (SSSR count). The maximum absolute atomic E-state index is 10.4. The number of aryl methyl sites for hydroxylation is 1. The summed E-state index contributed by atoms with van der Waals surface area (Å²) >= 11 is 0. The normalized spacial score (nSPS) is 21.1. The topological polar surface area (TPSA) is 35.8 Å². The van der Waals surface area contributed by atoms with Crippen molar-refractivity contribution in [2.24, 2.45) is 5.10 Å². The summed E-state index contributed by atoms with van der Waals surface area (Å²) in [6.07, 6.45) is 5.76. The number of hydrogen-bond donors (Lipinski definition) is 1. The van der Waals surface area contributed by atoms with E-state index in [9.17, 15) is 5.11 Å². The number of aliphatic hydroxyl groups excluding tert-OH is 1. The molecule has 3 heteroatoms. The quantitative estimate of drug-likeness (QED) is 0.663. The van der Waals surface area contributed by atoms with E-state index in [0.29, 0.717) is 0 Å². The minimum absolute atomic E-state index is 0.0972. The summed E-state index contributed by atoms with van der Waals surface area (Å²) in [6.45, 7) is 2.81. The molecule has 2 atom stereocenters. The van der Waals surface area contributed by atoms with Crippen molar-refractivity contribution in [3.05, 3.63) is 71.3 Å². The van der Waals surface area contributed by atoms with E-state index in [2.05, 4.69) is 54.4 Å². The Labute approximate surface area is 144 Å². The van der Waals surface area contributed by atoms with Crippen LogP contribution in [0.4, 0.5) is 0 Å². The number of nitrogens with zero attached hydrogens (tertiary/aromatic N) is 2. The van der Waals surface area contributed by atoms with E-state index < -0.39 is 0 Å². The largest absolute Gasteiger partial charge is 0.391 e. The minimum atomic E-state index is -0.294. The van der Waals surface area contributed by atoms with Gasteiger partial charge in [0.15, 0.2) is 0 Å². The van der Waals surface area contributed by atoms with Crippen molar-refractivity contribution in [3.63, 3.8) is 0 Å². The summed E-state index contributed by atoms with van der Waals surface area (Å²) in [6, 6.07) is 18.8. The second-order valence-corrected chi connectivity index (χ2v) is 6.66. The maximum Gasteiger partial charge on any atom is 0.0760 e. The van der Waals surface area contributed by atoms with Crippen molar-refractivity contribution in [1.82, 2.24) is 5.01 Å². The Morgan fingerprint density at radius 3 is 2.62 bits per heavy atom. The molecule has 0 saturated heterocycles. The Hall–Kier alpha value is -2.13. The first kappa shape index (κ1) is 16.7. The van der Waals surface area contributed by atoms with Crippen molar-refractivity contribution >= 4 is 6.21 Å². The number of hydrogen-bond acceptors (Lipinski definition) is 3. The fourth-order valence-electron chi connectivity index (χ4n) is 3.34. The molecule has 1 N–H and O–H groups in total. The van der Waals surface area contributed by atoms with Crippen LogP contribution in [0.2, 0.25) is 0 Å². The van der Waals surface area contributed by atoms with Crippen LogP contribution in [-0.2, 0) is 6.54 Å². The van der Waals surface area contributed by atoms with Crippen molar-refractivity contribution in [3.8, 4) is 0 Å². The second kappa shape index (κ2) is 8.11. The van der Waals surface area contributed by atoms with Gasteiger partial charge in [0, 0.05) is 0 Å². The average molecular weight is 322 g/mol. The van der Waals surface area contributed by atoms with E-state index in [4.69, 9.17) is 5.10 Å².